The highest BCUT2D eigenvalue weighted by Gasteiger charge is 2.12. The molecule has 0 aliphatic heterocycles. The molecule has 100 valence electrons. The van der Waals surface area contributed by atoms with E-state index >= 15 is 0 Å². The Hall–Kier alpha value is -1.35. The quantitative estimate of drug-likeness (QED) is 0.804. The number of nitrogens with zero attached hydrogens (tertiary/aromatic N) is 1. The van der Waals surface area contributed by atoms with Gasteiger partial charge in [-0.15, -0.1) is 0 Å². The van der Waals surface area contributed by atoms with Crippen LogP contribution in [0.2, 0.25) is 0 Å². The number of carbonyl (C=O) groups is 1. The van der Waals surface area contributed by atoms with Crippen LogP contribution in [0.1, 0.15) is 30.9 Å². The molecule has 3 nitrogen and oxygen atoms in total. The van der Waals surface area contributed by atoms with Crippen LogP contribution in [0, 0.1) is 6.92 Å². The Kier molecular flexibility index (Phi) is 6.44. The molecule has 0 fully saturated rings. The maximum absolute atomic E-state index is 12.0. The van der Waals surface area contributed by atoms with Crippen molar-refractivity contribution in [2.75, 3.05) is 19.7 Å². The minimum atomic E-state index is 0.0378. The molecule has 18 heavy (non-hydrogen) atoms. The Morgan fingerprint density at radius 2 is 2.00 bits per heavy atom. The summed E-state index contributed by atoms with van der Waals surface area (Å²) in [5.41, 5.74) is 2.46. The number of rotatable bonds is 7. The number of hydrogen-bond donors (Lipinski definition) is 1. The molecule has 0 bridgehead atoms. The van der Waals surface area contributed by atoms with Gasteiger partial charge < -0.3 is 10.0 Å². The van der Waals surface area contributed by atoms with Crippen LogP contribution in [-0.2, 0) is 11.2 Å². The van der Waals surface area contributed by atoms with Crippen LogP contribution in [0.25, 0.3) is 0 Å². The van der Waals surface area contributed by atoms with Crippen molar-refractivity contribution in [1.82, 2.24) is 4.90 Å². The molecule has 1 rings (SSSR count). The number of aryl methyl sites for hydroxylation is 2. The third-order valence-electron chi connectivity index (χ3n) is 3.09. The lowest BCUT2D eigenvalue weighted by Gasteiger charge is -2.21. The lowest BCUT2D eigenvalue weighted by molar-refractivity contribution is -0.131. The highest BCUT2D eigenvalue weighted by molar-refractivity contribution is 5.76. The van der Waals surface area contributed by atoms with Crippen LogP contribution >= 0.6 is 0 Å². The third-order valence-corrected chi connectivity index (χ3v) is 3.09. The van der Waals surface area contributed by atoms with Gasteiger partial charge in [-0.05, 0) is 30.9 Å². The minimum absolute atomic E-state index is 0.0378. The molecule has 1 amide bonds. The van der Waals surface area contributed by atoms with Gasteiger partial charge in [0.25, 0.3) is 0 Å². The molecule has 3 heteroatoms. The highest BCUT2D eigenvalue weighted by atomic mass is 16.3. The Balaban J connectivity index is 2.51. The maximum atomic E-state index is 12.0. The molecule has 0 unspecified atom stereocenters. The number of hydrogen-bond acceptors (Lipinski definition) is 2. The van der Waals surface area contributed by atoms with E-state index in [0.29, 0.717) is 13.0 Å². The van der Waals surface area contributed by atoms with Crippen molar-refractivity contribution in [2.45, 2.75) is 33.1 Å². The van der Waals surface area contributed by atoms with Crippen LogP contribution in [0.3, 0.4) is 0 Å². The van der Waals surface area contributed by atoms with E-state index in [1.165, 1.54) is 11.1 Å². The van der Waals surface area contributed by atoms with Gasteiger partial charge in [0.1, 0.15) is 0 Å². The van der Waals surface area contributed by atoms with Crippen LogP contribution < -0.4 is 0 Å². The summed E-state index contributed by atoms with van der Waals surface area (Å²) >= 11 is 0. The van der Waals surface area contributed by atoms with Crippen LogP contribution in [0.5, 0.6) is 0 Å². The zero-order valence-corrected chi connectivity index (χ0v) is 11.4. The van der Waals surface area contributed by atoms with E-state index in [-0.39, 0.29) is 12.5 Å². The van der Waals surface area contributed by atoms with Gasteiger partial charge >= 0.3 is 0 Å². The van der Waals surface area contributed by atoms with Gasteiger partial charge in [-0.1, -0.05) is 31.2 Å². The summed E-state index contributed by atoms with van der Waals surface area (Å²) in [7, 11) is 0. The summed E-state index contributed by atoms with van der Waals surface area (Å²) < 4.78 is 0. The molecular formula is C15H23NO2. The van der Waals surface area contributed by atoms with E-state index in [9.17, 15) is 4.79 Å². The summed E-state index contributed by atoms with van der Waals surface area (Å²) in [5, 5.41) is 8.95. The second-order valence-corrected chi connectivity index (χ2v) is 4.53. The van der Waals surface area contributed by atoms with Crippen molar-refractivity contribution in [1.29, 1.82) is 0 Å². The minimum Gasteiger partial charge on any atom is -0.395 e. The molecule has 0 saturated carbocycles. The van der Waals surface area contributed by atoms with Gasteiger partial charge in [0.15, 0.2) is 0 Å². The van der Waals surface area contributed by atoms with E-state index in [1.54, 1.807) is 4.90 Å². The zero-order valence-electron chi connectivity index (χ0n) is 11.4. The van der Waals surface area contributed by atoms with E-state index < -0.39 is 0 Å². The molecule has 1 aromatic rings. The summed E-state index contributed by atoms with van der Waals surface area (Å²) in [6, 6.07) is 8.15. The summed E-state index contributed by atoms with van der Waals surface area (Å²) in [5.74, 6) is 0.133. The fraction of sp³-hybridized carbons (Fsp3) is 0.533. The second kappa shape index (κ2) is 7.88. The standard InChI is InChI=1S/C15H23NO2/c1-3-10-16(11-12-17)15(18)9-8-14-7-5-4-6-13(14)2/h4-7,17H,3,8-12H2,1-2H3. The number of aliphatic hydroxyl groups excluding tert-OH is 1. The topological polar surface area (TPSA) is 40.5 Å². The van der Waals surface area contributed by atoms with Crippen LogP contribution in [-0.4, -0.2) is 35.6 Å². The average Bonchev–Trinajstić information content (AvgIpc) is 2.37. The van der Waals surface area contributed by atoms with Gasteiger partial charge in [-0.3, -0.25) is 4.79 Å². The summed E-state index contributed by atoms with van der Waals surface area (Å²) in [6.07, 6.45) is 2.22. The first-order valence-electron chi connectivity index (χ1n) is 6.62. The van der Waals surface area contributed by atoms with Gasteiger partial charge in [0, 0.05) is 19.5 Å². The lowest BCUT2D eigenvalue weighted by Crippen LogP contribution is -2.34. The monoisotopic (exact) mass is 249 g/mol. The Morgan fingerprint density at radius 1 is 1.28 bits per heavy atom. The number of aliphatic hydroxyl groups is 1. The fourth-order valence-electron chi connectivity index (χ4n) is 2.04. The molecule has 0 heterocycles. The Bertz CT molecular complexity index is 371. The first-order valence-corrected chi connectivity index (χ1v) is 6.62. The molecule has 0 spiro atoms. The van der Waals surface area contributed by atoms with Crippen LogP contribution in [0.15, 0.2) is 24.3 Å². The van der Waals surface area contributed by atoms with E-state index in [2.05, 4.69) is 19.1 Å². The second-order valence-electron chi connectivity index (χ2n) is 4.53. The van der Waals surface area contributed by atoms with Crippen molar-refractivity contribution in [2.24, 2.45) is 0 Å². The molecule has 0 aromatic heterocycles. The molecule has 1 aromatic carbocycles. The van der Waals surface area contributed by atoms with Gasteiger partial charge in [0.2, 0.25) is 5.91 Å². The summed E-state index contributed by atoms with van der Waals surface area (Å²) in [6.45, 7) is 5.32. The number of benzene rings is 1. The number of amides is 1. The third kappa shape index (κ3) is 4.49. The largest absolute Gasteiger partial charge is 0.395 e. The predicted octanol–water partition coefficient (Wildman–Crippen LogP) is 2.16. The van der Waals surface area contributed by atoms with Crippen molar-refractivity contribution >= 4 is 5.91 Å². The van der Waals surface area contributed by atoms with Gasteiger partial charge in [-0.2, -0.15) is 0 Å². The van der Waals surface area contributed by atoms with Gasteiger partial charge in [-0.25, -0.2) is 0 Å². The maximum Gasteiger partial charge on any atom is 0.222 e. The molecule has 0 radical (unpaired) electrons. The lowest BCUT2D eigenvalue weighted by atomic mass is 10.0. The zero-order chi connectivity index (χ0) is 13.4. The van der Waals surface area contributed by atoms with Crippen molar-refractivity contribution < 1.29 is 9.90 Å². The molecular weight excluding hydrogens is 226 g/mol. The summed E-state index contributed by atoms with van der Waals surface area (Å²) in [4.78, 5) is 13.8. The molecule has 0 saturated heterocycles. The van der Waals surface area contributed by atoms with Crippen molar-refractivity contribution in [3.8, 4) is 0 Å². The highest BCUT2D eigenvalue weighted by Crippen LogP contribution is 2.10. The van der Waals surface area contributed by atoms with Crippen molar-refractivity contribution in [3.63, 3.8) is 0 Å². The normalized spacial score (nSPS) is 10.4. The first-order chi connectivity index (χ1) is 8.69. The Labute approximate surface area is 109 Å². The smallest absolute Gasteiger partial charge is 0.222 e. The van der Waals surface area contributed by atoms with E-state index in [4.69, 9.17) is 5.11 Å². The van der Waals surface area contributed by atoms with E-state index in [0.717, 1.165) is 19.4 Å². The predicted molar refractivity (Wildman–Crippen MR) is 73.5 cm³/mol. The van der Waals surface area contributed by atoms with Crippen LogP contribution in [0.4, 0.5) is 0 Å². The molecule has 1 N–H and O–H groups in total. The first kappa shape index (κ1) is 14.7. The van der Waals surface area contributed by atoms with Crippen molar-refractivity contribution in [3.05, 3.63) is 35.4 Å². The SMILES string of the molecule is CCCN(CCO)C(=O)CCc1ccccc1C. The van der Waals surface area contributed by atoms with E-state index in [1.807, 2.05) is 19.1 Å². The fourth-order valence-corrected chi connectivity index (χ4v) is 2.04. The van der Waals surface area contributed by atoms with Gasteiger partial charge in [0.05, 0.1) is 6.61 Å². The molecule has 0 aliphatic carbocycles. The molecule has 0 aliphatic rings. The number of carbonyl (C=O) groups excluding carboxylic acids is 1. The average molecular weight is 249 g/mol. The molecule has 0 atom stereocenters. The Morgan fingerprint density at radius 3 is 2.61 bits per heavy atom.